The normalized spacial score (nSPS) is 18.2. The largest absolute Gasteiger partial charge is 0.360 e. The van der Waals surface area contributed by atoms with Crippen LogP contribution in [0.15, 0.2) is 153 Å². The number of thioether (sulfide) groups is 1. The van der Waals surface area contributed by atoms with Crippen molar-refractivity contribution in [3.05, 3.63) is 171 Å². The van der Waals surface area contributed by atoms with E-state index in [0.717, 1.165) is 43.0 Å². The fraction of sp³-hybridized carbons (Fsp3) is 0.105. The maximum atomic E-state index is 11.5. The van der Waals surface area contributed by atoms with Crippen LogP contribution in [0, 0.1) is 17.0 Å². The van der Waals surface area contributed by atoms with Gasteiger partial charge >= 0.3 is 0 Å². The first-order valence-electron chi connectivity index (χ1n) is 15.6. The molecule has 0 saturated carbocycles. The van der Waals surface area contributed by atoms with Crippen molar-refractivity contribution in [1.82, 2.24) is 9.78 Å². The van der Waals surface area contributed by atoms with E-state index in [1.165, 1.54) is 12.1 Å². The quantitative estimate of drug-likeness (QED) is 0.121. The molecule has 2 unspecified atom stereocenters. The number of aromatic nitrogens is 2. The first kappa shape index (κ1) is 31.3. The third-order valence-corrected chi connectivity index (χ3v) is 11.3. The number of nitrogens with zero attached hydrogens (tertiary/aromatic N) is 5. The highest BCUT2D eigenvalue weighted by Gasteiger charge is 2.53. The molecule has 2 atom stereocenters. The van der Waals surface area contributed by atoms with Crippen molar-refractivity contribution in [3.8, 4) is 5.69 Å². The first-order chi connectivity index (χ1) is 23.9. The summed E-state index contributed by atoms with van der Waals surface area (Å²) in [7, 11) is 0. The number of hydrogen-bond acceptors (Lipinski definition) is 8. The third-order valence-electron chi connectivity index (χ3n) is 8.67. The van der Waals surface area contributed by atoms with Gasteiger partial charge in [0.2, 0.25) is 5.72 Å². The van der Waals surface area contributed by atoms with Crippen molar-refractivity contribution in [2.24, 2.45) is 5.16 Å². The standard InChI is InChI=1S/C38H28ClN5O3S2/c1-25-35(37(48-31-12-6-3-7-13-31)43(40-25)29-10-4-2-5-11-29)34-24-38(27-18-20-28(39)21-19-27)42(32-14-8-9-15-33(32)49-34)36(41-47-38)26-16-22-30(23-17-26)44(45)46/h2-23,34H,24H2,1H3. The number of halogens is 1. The lowest BCUT2D eigenvalue weighted by molar-refractivity contribution is -0.384. The zero-order chi connectivity index (χ0) is 33.5. The van der Waals surface area contributed by atoms with Crippen molar-refractivity contribution < 1.29 is 9.76 Å². The van der Waals surface area contributed by atoms with Gasteiger partial charge in [-0.2, -0.15) is 5.10 Å². The molecule has 0 saturated heterocycles. The molecule has 2 aliphatic rings. The zero-order valence-electron chi connectivity index (χ0n) is 26.1. The number of non-ortho nitro benzene ring substituents is 1. The van der Waals surface area contributed by atoms with E-state index in [-0.39, 0.29) is 10.9 Å². The number of nitro benzene ring substituents is 1. The molecule has 8 nitrogen and oxygen atoms in total. The van der Waals surface area contributed by atoms with Crippen LogP contribution in [0.5, 0.6) is 0 Å². The summed E-state index contributed by atoms with van der Waals surface area (Å²) in [6.45, 7) is 2.07. The van der Waals surface area contributed by atoms with E-state index in [4.69, 9.17) is 26.7 Å². The predicted octanol–water partition coefficient (Wildman–Crippen LogP) is 10.2. The molecule has 0 aliphatic carbocycles. The fourth-order valence-corrected chi connectivity index (χ4v) is 9.22. The summed E-state index contributed by atoms with van der Waals surface area (Å²) in [6, 6.07) is 42.9. The van der Waals surface area contributed by atoms with Crippen LogP contribution >= 0.6 is 35.1 Å². The Balaban J connectivity index is 1.33. The van der Waals surface area contributed by atoms with Gasteiger partial charge in [0, 0.05) is 55.3 Å². The van der Waals surface area contributed by atoms with Crippen LogP contribution in [0.1, 0.15) is 34.1 Å². The molecule has 0 spiro atoms. The molecule has 11 heteroatoms. The van der Waals surface area contributed by atoms with Crippen molar-refractivity contribution in [2.45, 2.75) is 39.1 Å². The van der Waals surface area contributed by atoms with E-state index < -0.39 is 10.6 Å². The van der Waals surface area contributed by atoms with Gasteiger partial charge < -0.3 is 4.84 Å². The summed E-state index contributed by atoms with van der Waals surface area (Å²) in [6.07, 6.45) is 0.498. The van der Waals surface area contributed by atoms with E-state index >= 15 is 0 Å². The smallest absolute Gasteiger partial charge is 0.269 e. The lowest BCUT2D eigenvalue weighted by Gasteiger charge is -2.38. The molecule has 0 bridgehead atoms. The van der Waals surface area contributed by atoms with Gasteiger partial charge in [-0.15, -0.1) is 11.8 Å². The number of amidine groups is 1. The maximum absolute atomic E-state index is 11.5. The molecule has 8 rings (SSSR count). The van der Waals surface area contributed by atoms with Gasteiger partial charge in [-0.05, 0) is 67.6 Å². The molecule has 242 valence electrons. The number of nitro groups is 1. The number of aryl methyl sites for hydroxylation is 1. The molecule has 6 aromatic rings. The number of fused-ring (bicyclic) bond motifs is 3. The Bertz CT molecular complexity index is 2200. The van der Waals surface area contributed by atoms with Gasteiger partial charge in [-0.3, -0.25) is 15.0 Å². The number of para-hydroxylation sites is 2. The fourth-order valence-electron chi connectivity index (χ4n) is 6.41. The molecule has 49 heavy (non-hydrogen) atoms. The van der Waals surface area contributed by atoms with Crippen LogP contribution in [-0.4, -0.2) is 20.5 Å². The van der Waals surface area contributed by atoms with Crippen LogP contribution in [0.25, 0.3) is 5.69 Å². The molecular formula is C38H28ClN5O3S2. The number of hydrogen-bond donors (Lipinski definition) is 0. The van der Waals surface area contributed by atoms with Crippen molar-refractivity contribution in [2.75, 3.05) is 4.90 Å². The molecule has 2 aliphatic heterocycles. The number of oxime groups is 1. The Kier molecular flexibility index (Phi) is 8.15. The van der Waals surface area contributed by atoms with Gasteiger partial charge in [0.05, 0.1) is 22.0 Å². The van der Waals surface area contributed by atoms with Crippen molar-refractivity contribution in [3.63, 3.8) is 0 Å². The zero-order valence-corrected chi connectivity index (χ0v) is 28.5. The molecule has 1 aromatic heterocycles. The van der Waals surface area contributed by atoms with Gasteiger partial charge in [0.25, 0.3) is 5.69 Å². The lowest BCUT2D eigenvalue weighted by Crippen LogP contribution is -2.47. The summed E-state index contributed by atoms with van der Waals surface area (Å²) >= 11 is 9.89. The summed E-state index contributed by atoms with van der Waals surface area (Å²) < 4.78 is 2.04. The van der Waals surface area contributed by atoms with Crippen LogP contribution in [0.4, 0.5) is 11.4 Å². The number of anilines is 1. The van der Waals surface area contributed by atoms with Gasteiger partial charge in [-0.1, -0.05) is 89.2 Å². The Morgan fingerprint density at radius 2 is 1.57 bits per heavy atom. The first-order valence-corrected chi connectivity index (χ1v) is 17.7. The van der Waals surface area contributed by atoms with Gasteiger partial charge in [-0.25, -0.2) is 4.68 Å². The van der Waals surface area contributed by atoms with E-state index in [9.17, 15) is 10.1 Å². The van der Waals surface area contributed by atoms with Crippen LogP contribution in [0.2, 0.25) is 5.02 Å². The second kappa shape index (κ2) is 12.8. The number of benzene rings is 5. The van der Waals surface area contributed by atoms with Crippen LogP contribution in [-0.2, 0) is 10.6 Å². The average molecular weight is 702 g/mol. The summed E-state index contributed by atoms with van der Waals surface area (Å²) in [5, 5.41) is 22.9. The topological polar surface area (TPSA) is 85.8 Å². The highest BCUT2D eigenvalue weighted by atomic mass is 35.5. The molecule has 3 heterocycles. The van der Waals surface area contributed by atoms with E-state index in [2.05, 4.69) is 48.2 Å². The number of rotatable bonds is 7. The van der Waals surface area contributed by atoms with Gasteiger partial charge in [0.15, 0.2) is 5.84 Å². The molecule has 0 N–H and O–H groups in total. The van der Waals surface area contributed by atoms with Crippen molar-refractivity contribution in [1.29, 1.82) is 0 Å². The average Bonchev–Trinajstić information content (AvgIpc) is 3.62. The Hall–Kier alpha value is -5.03. The second-order valence-electron chi connectivity index (χ2n) is 11.7. The van der Waals surface area contributed by atoms with E-state index in [0.29, 0.717) is 22.8 Å². The predicted molar refractivity (Wildman–Crippen MR) is 195 cm³/mol. The third kappa shape index (κ3) is 5.65. The SMILES string of the molecule is Cc1nn(-c2ccccc2)c(Sc2ccccc2)c1C1CC2(c3ccc(Cl)cc3)ON=C(c3ccc([N+](=O)[O-])cc3)N2c2ccccc2S1. The molecule has 5 aromatic carbocycles. The summed E-state index contributed by atoms with van der Waals surface area (Å²) in [5.74, 6) is 0.564. The monoisotopic (exact) mass is 701 g/mol. The van der Waals surface area contributed by atoms with Gasteiger partial charge in [0.1, 0.15) is 5.03 Å². The van der Waals surface area contributed by atoms with Crippen LogP contribution in [0.3, 0.4) is 0 Å². The van der Waals surface area contributed by atoms with Crippen LogP contribution < -0.4 is 4.90 Å². The molecule has 0 amide bonds. The highest BCUT2D eigenvalue weighted by Crippen LogP contribution is 2.58. The lowest BCUT2D eigenvalue weighted by atomic mass is 9.92. The summed E-state index contributed by atoms with van der Waals surface area (Å²) in [4.78, 5) is 22.1. The minimum atomic E-state index is -1.08. The Labute approximate surface area is 296 Å². The Morgan fingerprint density at radius 1 is 0.898 bits per heavy atom. The molecule has 0 fully saturated rings. The van der Waals surface area contributed by atoms with Crippen molar-refractivity contribution >= 4 is 52.3 Å². The van der Waals surface area contributed by atoms with E-state index in [1.807, 2.05) is 77.5 Å². The molecular weight excluding hydrogens is 674 g/mol. The second-order valence-corrected chi connectivity index (χ2v) is 14.4. The van der Waals surface area contributed by atoms with E-state index in [1.54, 1.807) is 35.7 Å². The minimum absolute atomic E-state index is 0.00784. The minimum Gasteiger partial charge on any atom is -0.360 e. The highest BCUT2D eigenvalue weighted by molar-refractivity contribution is 8.00. The Morgan fingerprint density at radius 3 is 2.29 bits per heavy atom. The summed E-state index contributed by atoms with van der Waals surface area (Å²) in [5.41, 5.74) is 4.44. The molecule has 0 radical (unpaired) electrons. The maximum Gasteiger partial charge on any atom is 0.269 e.